The number of nitrogens with zero attached hydrogens (tertiary/aromatic N) is 1. The zero-order chi connectivity index (χ0) is 17.6. The van der Waals surface area contributed by atoms with E-state index in [0.717, 1.165) is 38.0 Å². The van der Waals surface area contributed by atoms with Crippen LogP contribution in [0, 0.1) is 0 Å². The maximum absolute atomic E-state index is 12.2. The van der Waals surface area contributed by atoms with Gasteiger partial charge in [0.25, 0.3) is 0 Å². The minimum atomic E-state index is -0.0695. The first-order chi connectivity index (χ1) is 12.2. The van der Waals surface area contributed by atoms with Gasteiger partial charge in [-0.1, -0.05) is 18.5 Å². The lowest BCUT2D eigenvalue weighted by molar-refractivity contribution is -0.117. The third-order valence-electron chi connectivity index (χ3n) is 4.52. The fraction of sp³-hybridized carbons (Fsp3) is 0.526. The summed E-state index contributed by atoms with van der Waals surface area (Å²) in [6, 6.07) is 3.88. The highest BCUT2D eigenvalue weighted by Gasteiger charge is 2.19. The highest BCUT2D eigenvalue weighted by Crippen LogP contribution is 2.38. The van der Waals surface area contributed by atoms with E-state index in [1.165, 1.54) is 6.42 Å². The summed E-state index contributed by atoms with van der Waals surface area (Å²) in [6.07, 6.45) is 6.51. The first kappa shape index (κ1) is 18.1. The van der Waals surface area contributed by atoms with Crippen LogP contribution in [0.2, 0.25) is 5.02 Å². The maximum Gasteiger partial charge on any atom is 0.244 e. The number of carbonyl (C=O) groups excluding carboxylic acids is 1. The molecule has 0 radical (unpaired) electrons. The summed E-state index contributed by atoms with van der Waals surface area (Å²) in [6.45, 7) is 6.46. The fourth-order valence-electron chi connectivity index (χ4n) is 3.27. The Bertz CT molecular complexity index is 640. The van der Waals surface area contributed by atoms with Gasteiger partial charge in [-0.15, -0.1) is 0 Å². The average molecular weight is 365 g/mol. The van der Waals surface area contributed by atoms with Crippen LogP contribution in [0.4, 0.5) is 0 Å². The number of ether oxygens (including phenoxy) is 2. The Morgan fingerprint density at radius 2 is 2.08 bits per heavy atom. The van der Waals surface area contributed by atoms with Crippen LogP contribution in [0.15, 0.2) is 18.2 Å². The minimum Gasteiger partial charge on any atom is -0.486 e. The lowest BCUT2D eigenvalue weighted by atomic mass is 10.0. The van der Waals surface area contributed by atoms with E-state index in [4.69, 9.17) is 21.1 Å². The molecule has 5 nitrogen and oxygen atoms in total. The monoisotopic (exact) mass is 364 g/mol. The molecule has 1 amide bonds. The predicted octanol–water partition coefficient (Wildman–Crippen LogP) is 3.12. The number of amides is 1. The van der Waals surface area contributed by atoms with Gasteiger partial charge in [0.05, 0.1) is 5.02 Å². The third-order valence-corrected chi connectivity index (χ3v) is 4.80. The number of hydrogen-bond donors (Lipinski definition) is 1. The number of nitrogens with one attached hydrogen (secondary N) is 1. The molecule has 1 saturated heterocycles. The highest BCUT2D eigenvalue weighted by atomic mass is 35.5. The Hall–Kier alpha value is -1.72. The van der Waals surface area contributed by atoms with E-state index in [0.29, 0.717) is 29.7 Å². The fourth-order valence-corrected chi connectivity index (χ4v) is 3.54. The quantitative estimate of drug-likeness (QED) is 0.815. The van der Waals surface area contributed by atoms with Gasteiger partial charge >= 0.3 is 0 Å². The molecular formula is C19H25ClN2O3. The normalized spacial score (nSPS) is 18.5. The van der Waals surface area contributed by atoms with E-state index < -0.39 is 0 Å². The topological polar surface area (TPSA) is 50.8 Å². The van der Waals surface area contributed by atoms with Crippen LogP contribution in [-0.2, 0) is 4.79 Å². The second kappa shape index (κ2) is 8.59. The Morgan fingerprint density at radius 3 is 2.84 bits per heavy atom. The summed E-state index contributed by atoms with van der Waals surface area (Å²) >= 11 is 6.21. The molecule has 136 valence electrons. The van der Waals surface area contributed by atoms with Crippen LogP contribution in [0.25, 0.3) is 6.08 Å². The molecule has 1 N–H and O–H groups in total. The predicted molar refractivity (Wildman–Crippen MR) is 99.4 cm³/mol. The summed E-state index contributed by atoms with van der Waals surface area (Å²) in [4.78, 5) is 14.6. The first-order valence-corrected chi connectivity index (χ1v) is 9.33. The second-order valence-corrected chi connectivity index (χ2v) is 6.89. The van der Waals surface area contributed by atoms with Gasteiger partial charge in [0.2, 0.25) is 5.91 Å². The van der Waals surface area contributed by atoms with Crippen LogP contribution in [-0.4, -0.2) is 49.7 Å². The Labute approximate surface area is 153 Å². The van der Waals surface area contributed by atoms with Crippen LogP contribution in [0.5, 0.6) is 11.5 Å². The molecule has 0 bridgehead atoms. The van der Waals surface area contributed by atoms with Gasteiger partial charge in [-0.2, -0.15) is 0 Å². The van der Waals surface area contributed by atoms with Gasteiger partial charge in [0.1, 0.15) is 13.2 Å². The standard InChI is InChI=1S/C19H25ClN2O3/c1-2-7-22-8-5-15(6-9-22)21-18(23)4-3-14-12-16(20)19-17(13-14)24-10-11-25-19/h3-4,12-13,15H,2,5-11H2,1H3,(H,21,23)/b4-3+. The van der Waals surface area contributed by atoms with Crippen molar-refractivity contribution in [2.75, 3.05) is 32.8 Å². The van der Waals surface area contributed by atoms with E-state index in [9.17, 15) is 4.79 Å². The molecule has 0 aromatic heterocycles. The van der Waals surface area contributed by atoms with Crippen molar-refractivity contribution >= 4 is 23.6 Å². The molecule has 0 unspecified atom stereocenters. The number of rotatable bonds is 5. The zero-order valence-corrected chi connectivity index (χ0v) is 15.3. The van der Waals surface area contributed by atoms with Crippen molar-refractivity contribution < 1.29 is 14.3 Å². The van der Waals surface area contributed by atoms with Crippen molar-refractivity contribution in [3.8, 4) is 11.5 Å². The molecule has 0 aliphatic carbocycles. The molecular weight excluding hydrogens is 340 g/mol. The van der Waals surface area contributed by atoms with Crippen molar-refractivity contribution in [2.45, 2.75) is 32.2 Å². The van der Waals surface area contributed by atoms with E-state index in [1.54, 1.807) is 18.2 Å². The van der Waals surface area contributed by atoms with Crippen molar-refractivity contribution in [2.24, 2.45) is 0 Å². The molecule has 1 aromatic carbocycles. The number of carbonyl (C=O) groups is 1. The molecule has 2 aliphatic rings. The molecule has 2 heterocycles. The summed E-state index contributed by atoms with van der Waals surface area (Å²) in [7, 11) is 0. The summed E-state index contributed by atoms with van der Waals surface area (Å²) in [5, 5.41) is 3.59. The van der Waals surface area contributed by atoms with Crippen molar-refractivity contribution in [3.05, 3.63) is 28.8 Å². The van der Waals surface area contributed by atoms with Gasteiger partial charge in [0, 0.05) is 25.2 Å². The number of fused-ring (bicyclic) bond motifs is 1. The molecule has 0 saturated carbocycles. The molecule has 1 fully saturated rings. The third kappa shape index (κ3) is 4.89. The smallest absolute Gasteiger partial charge is 0.244 e. The van der Waals surface area contributed by atoms with Gasteiger partial charge in [-0.3, -0.25) is 4.79 Å². The summed E-state index contributed by atoms with van der Waals surface area (Å²) in [5.41, 5.74) is 0.821. The average Bonchev–Trinajstić information content (AvgIpc) is 2.62. The van der Waals surface area contributed by atoms with Crippen LogP contribution in [0.3, 0.4) is 0 Å². The van der Waals surface area contributed by atoms with Crippen LogP contribution in [0.1, 0.15) is 31.7 Å². The molecule has 6 heteroatoms. The van der Waals surface area contributed by atoms with E-state index in [-0.39, 0.29) is 11.9 Å². The first-order valence-electron chi connectivity index (χ1n) is 8.96. The molecule has 3 rings (SSSR count). The molecule has 25 heavy (non-hydrogen) atoms. The number of piperidine rings is 1. The number of benzene rings is 1. The Morgan fingerprint density at radius 1 is 1.32 bits per heavy atom. The van der Waals surface area contributed by atoms with E-state index in [2.05, 4.69) is 17.1 Å². The SMILES string of the molecule is CCCN1CCC(NC(=O)/C=C/c2cc(Cl)c3c(c2)OCCO3)CC1. The second-order valence-electron chi connectivity index (χ2n) is 6.48. The van der Waals surface area contributed by atoms with Gasteiger partial charge in [-0.25, -0.2) is 0 Å². The number of hydrogen-bond acceptors (Lipinski definition) is 4. The maximum atomic E-state index is 12.2. The highest BCUT2D eigenvalue weighted by molar-refractivity contribution is 6.32. The number of halogens is 1. The van der Waals surface area contributed by atoms with Crippen molar-refractivity contribution in [1.29, 1.82) is 0 Å². The number of likely N-dealkylation sites (tertiary alicyclic amines) is 1. The van der Waals surface area contributed by atoms with E-state index in [1.807, 2.05) is 6.07 Å². The lowest BCUT2D eigenvalue weighted by Crippen LogP contribution is -2.44. The van der Waals surface area contributed by atoms with Crippen LogP contribution < -0.4 is 14.8 Å². The summed E-state index contributed by atoms with van der Waals surface area (Å²) < 4.78 is 11.1. The van der Waals surface area contributed by atoms with Gasteiger partial charge in [0.15, 0.2) is 11.5 Å². The van der Waals surface area contributed by atoms with Gasteiger partial charge < -0.3 is 19.7 Å². The van der Waals surface area contributed by atoms with Crippen LogP contribution >= 0.6 is 11.6 Å². The largest absolute Gasteiger partial charge is 0.486 e. The Kier molecular flexibility index (Phi) is 6.21. The Balaban J connectivity index is 1.54. The van der Waals surface area contributed by atoms with Crippen molar-refractivity contribution in [3.63, 3.8) is 0 Å². The zero-order valence-electron chi connectivity index (χ0n) is 14.6. The minimum absolute atomic E-state index is 0.0695. The summed E-state index contributed by atoms with van der Waals surface area (Å²) in [5.74, 6) is 1.13. The van der Waals surface area contributed by atoms with E-state index >= 15 is 0 Å². The molecule has 0 spiro atoms. The van der Waals surface area contributed by atoms with Gasteiger partial charge in [-0.05, 0) is 49.6 Å². The lowest BCUT2D eigenvalue weighted by Gasteiger charge is -2.31. The van der Waals surface area contributed by atoms with Crippen molar-refractivity contribution in [1.82, 2.24) is 10.2 Å². The molecule has 1 aromatic rings. The molecule has 0 atom stereocenters. The molecule has 2 aliphatic heterocycles.